The van der Waals surface area contributed by atoms with E-state index in [1.54, 1.807) is 6.07 Å². The molecule has 1 aromatic heterocycles. The molecule has 4 nitrogen and oxygen atoms in total. The number of pyridine rings is 1. The molecular weight excluding hydrogens is 264 g/mol. The number of nitrogens with one attached hydrogen (secondary N) is 1. The van der Waals surface area contributed by atoms with Gasteiger partial charge in [0.15, 0.2) is 11.6 Å². The zero-order valence-electron chi connectivity index (χ0n) is 11.2. The topological polar surface area (TPSA) is 60.2 Å². The van der Waals surface area contributed by atoms with Crippen molar-refractivity contribution >= 4 is 0 Å². The summed E-state index contributed by atoms with van der Waals surface area (Å²) in [6.45, 7) is 1.50. The van der Waals surface area contributed by atoms with Crippen molar-refractivity contribution in [1.82, 2.24) is 10.4 Å². The maximum absolute atomic E-state index is 14.1. The first-order valence-corrected chi connectivity index (χ1v) is 5.98. The van der Waals surface area contributed by atoms with Gasteiger partial charge in [0, 0.05) is 17.3 Å². The molecule has 20 heavy (non-hydrogen) atoms. The second-order valence-corrected chi connectivity index (χ2v) is 4.32. The lowest BCUT2D eigenvalue weighted by Crippen LogP contribution is -2.30. The van der Waals surface area contributed by atoms with E-state index >= 15 is 0 Å². The minimum atomic E-state index is -0.924. The van der Waals surface area contributed by atoms with Gasteiger partial charge in [-0.15, -0.1) is 0 Å². The Kier molecular flexibility index (Phi) is 4.26. The van der Waals surface area contributed by atoms with Crippen LogP contribution in [-0.4, -0.2) is 12.1 Å². The Labute approximate surface area is 115 Å². The Balaban J connectivity index is 2.56. The summed E-state index contributed by atoms with van der Waals surface area (Å²) in [6, 6.07) is 3.91. The van der Waals surface area contributed by atoms with E-state index in [2.05, 4.69) is 10.4 Å². The molecule has 1 aromatic carbocycles. The van der Waals surface area contributed by atoms with E-state index in [-0.39, 0.29) is 11.1 Å². The third-order valence-electron chi connectivity index (χ3n) is 3.13. The van der Waals surface area contributed by atoms with Crippen LogP contribution in [0.3, 0.4) is 0 Å². The number of methoxy groups -OCH3 is 1. The summed E-state index contributed by atoms with van der Waals surface area (Å²) in [5.41, 5.74) is 3.41. The predicted octanol–water partition coefficient (Wildman–Crippen LogP) is 2.23. The number of nitrogens with two attached hydrogens (primary N) is 1. The summed E-state index contributed by atoms with van der Waals surface area (Å²) in [5, 5.41) is 0. The SMILES string of the molecule is COc1cnccc1C(NN)c1ccc(C)c(F)c1F. The summed E-state index contributed by atoms with van der Waals surface area (Å²) >= 11 is 0. The monoisotopic (exact) mass is 279 g/mol. The Hall–Kier alpha value is -2.05. The van der Waals surface area contributed by atoms with Crippen LogP contribution < -0.4 is 16.0 Å². The van der Waals surface area contributed by atoms with Crippen LogP contribution in [0.4, 0.5) is 8.78 Å². The average molecular weight is 279 g/mol. The van der Waals surface area contributed by atoms with E-state index in [4.69, 9.17) is 10.6 Å². The smallest absolute Gasteiger partial charge is 0.164 e. The standard InChI is InChI=1S/C14H15F2N3O/c1-8-3-4-10(13(16)12(8)15)14(19-17)9-5-6-18-7-11(9)20-2/h3-7,14,19H,17H2,1-2H3. The Morgan fingerprint density at radius 1 is 1.20 bits per heavy atom. The summed E-state index contributed by atoms with van der Waals surface area (Å²) < 4.78 is 33.0. The fourth-order valence-electron chi connectivity index (χ4n) is 2.03. The molecule has 0 saturated heterocycles. The predicted molar refractivity (Wildman–Crippen MR) is 71.1 cm³/mol. The molecule has 6 heteroatoms. The molecule has 1 unspecified atom stereocenters. The first kappa shape index (κ1) is 14.4. The molecule has 0 aliphatic heterocycles. The molecule has 106 valence electrons. The second-order valence-electron chi connectivity index (χ2n) is 4.32. The maximum atomic E-state index is 14.1. The van der Waals surface area contributed by atoms with Gasteiger partial charge in [0.05, 0.1) is 19.3 Å². The largest absolute Gasteiger partial charge is 0.495 e. The summed E-state index contributed by atoms with van der Waals surface area (Å²) in [6.07, 6.45) is 3.02. The fraction of sp³-hybridized carbons (Fsp3) is 0.214. The number of nitrogens with zero attached hydrogens (tertiary/aromatic N) is 1. The molecule has 0 radical (unpaired) electrons. The number of aryl methyl sites for hydroxylation is 1. The molecule has 0 amide bonds. The van der Waals surface area contributed by atoms with E-state index in [1.807, 2.05) is 0 Å². The van der Waals surface area contributed by atoms with Gasteiger partial charge in [0.2, 0.25) is 0 Å². The molecule has 2 aromatic rings. The van der Waals surface area contributed by atoms with Crippen LogP contribution in [0.15, 0.2) is 30.6 Å². The van der Waals surface area contributed by atoms with Gasteiger partial charge < -0.3 is 4.74 Å². The van der Waals surface area contributed by atoms with Crippen LogP contribution in [0, 0.1) is 18.6 Å². The minimum absolute atomic E-state index is 0.111. The van der Waals surface area contributed by atoms with Crippen molar-refractivity contribution in [2.24, 2.45) is 5.84 Å². The Morgan fingerprint density at radius 2 is 1.95 bits per heavy atom. The summed E-state index contributed by atoms with van der Waals surface area (Å²) in [5.74, 6) is 4.14. The third-order valence-corrected chi connectivity index (χ3v) is 3.13. The number of hydrogen-bond acceptors (Lipinski definition) is 4. The lowest BCUT2D eigenvalue weighted by Gasteiger charge is -2.20. The first-order chi connectivity index (χ1) is 9.60. The Morgan fingerprint density at radius 3 is 2.60 bits per heavy atom. The number of hydrazine groups is 1. The van der Waals surface area contributed by atoms with Crippen LogP contribution in [0.25, 0.3) is 0 Å². The van der Waals surface area contributed by atoms with Gasteiger partial charge in [-0.2, -0.15) is 0 Å². The highest BCUT2D eigenvalue weighted by Crippen LogP contribution is 2.31. The highest BCUT2D eigenvalue weighted by atomic mass is 19.2. The van der Waals surface area contributed by atoms with Crippen LogP contribution in [-0.2, 0) is 0 Å². The lowest BCUT2D eigenvalue weighted by molar-refractivity contribution is 0.400. The highest BCUT2D eigenvalue weighted by molar-refractivity contribution is 5.41. The van der Waals surface area contributed by atoms with E-state index < -0.39 is 17.7 Å². The van der Waals surface area contributed by atoms with Gasteiger partial charge in [-0.3, -0.25) is 10.8 Å². The average Bonchev–Trinajstić information content (AvgIpc) is 2.48. The van der Waals surface area contributed by atoms with Crippen molar-refractivity contribution in [3.63, 3.8) is 0 Å². The van der Waals surface area contributed by atoms with Crippen LogP contribution in [0.2, 0.25) is 0 Å². The van der Waals surface area contributed by atoms with E-state index in [0.29, 0.717) is 11.3 Å². The van der Waals surface area contributed by atoms with Crippen molar-refractivity contribution in [2.75, 3.05) is 7.11 Å². The van der Waals surface area contributed by atoms with E-state index in [0.717, 1.165) is 0 Å². The molecule has 0 bridgehead atoms. The molecule has 1 heterocycles. The van der Waals surface area contributed by atoms with Gasteiger partial charge in [-0.05, 0) is 18.6 Å². The normalized spacial score (nSPS) is 12.2. The number of hydrogen-bond donors (Lipinski definition) is 2. The molecule has 1 atom stereocenters. The third kappa shape index (κ3) is 2.48. The molecule has 0 saturated carbocycles. The minimum Gasteiger partial charge on any atom is -0.495 e. The van der Waals surface area contributed by atoms with Crippen molar-refractivity contribution in [1.29, 1.82) is 0 Å². The maximum Gasteiger partial charge on any atom is 0.164 e. The number of aromatic nitrogens is 1. The van der Waals surface area contributed by atoms with Crippen molar-refractivity contribution in [3.05, 3.63) is 58.9 Å². The van der Waals surface area contributed by atoms with Gasteiger partial charge >= 0.3 is 0 Å². The van der Waals surface area contributed by atoms with Crippen LogP contribution >= 0.6 is 0 Å². The van der Waals surface area contributed by atoms with Crippen LogP contribution in [0.1, 0.15) is 22.7 Å². The molecule has 2 rings (SSSR count). The number of ether oxygens (including phenoxy) is 1. The zero-order chi connectivity index (χ0) is 14.7. The number of rotatable bonds is 4. The number of benzene rings is 1. The summed E-state index contributed by atoms with van der Waals surface area (Å²) in [7, 11) is 1.47. The van der Waals surface area contributed by atoms with E-state index in [1.165, 1.54) is 38.6 Å². The molecule has 0 spiro atoms. The fourth-order valence-corrected chi connectivity index (χ4v) is 2.03. The quantitative estimate of drug-likeness (QED) is 0.665. The van der Waals surface area contributed by atoms with E-state index in [9.17, 15) is 8.78 Å². The molecule has 3 N–H and O–H groups in total. The molecular formula is C14H15F2N3O. The molecule has 0 fully saturated rings. The van der Waals surface area contributed by atoms with Crippen LogP contribution in [0.5, 0.6) is 5.75 Å². The van der Waals surface area contributed by atoms with Gasteiger partial charge in [-0.1, -0.05) is 12.1 Å². The molecule has 0 aliphatic carbocycles. The summed E-state index contributed by atoms with van der Waals surface area (Å²) in [4.78, 5) is 3.92. The molecule has 0 aliphatic rings. The van der Waals surface area contributed by atoms with Crippen molar-refractivity contribution in [3.8, 4) is 5.75 Å². The second kappa shape index (κ2) is 5.94. The van der Waals surface area contributed by atoms with Gasteiger partial charge in [-0.25, -0.2) is 14.2 Å². The van der Waals surface area contributed by atoms with Gasteiger partial charge in [0.25, 0.3) is 0 Å². The Bertz CT molecular complexity index is 619. The van der Waals surface area contributed by atoms with Crippen molar-refractivity contribution < 1.29 is 13.5 Å². The first-order valence-electron chi connectivity index (χ1n) is 5.98. The number of halogens is 2. The van der Waals surface area contributed by atoms with Crippen molar-refractivity contribution in [2.45, 2.75) is 13.0 Å². The zero-order valence-corrected chi connectivity index (χ0v) is 11.2. The lowest BCUT2D eigenvalue weighted by atomic mass is 9.97. The highest BCUT2D eigenvalue weighted by Gasteiger charge is 2.22. The van der Waals surface area contributed by atoms with Gasteiger partial charge in [0.1, 0.15) is 5.75 Å².